The summed E-state index contributed by atoms with van der Waals surface area (Å²) in [5.74, 6) is -3.55. The van der Waals surface area contributed by atoms with Gasteiger partial charge in [0.2, 0.25) is 0 Å². The number of anilines is 1. The zero-order chi connectivity index (χ0) is 25.1. The van der Waals surface area contributed by atoms with Gasteiger partial charge in [-0.15, -0.1) is 0 Å². The van der Waals surface area contributed by atoms with Gasteiger partial charge in [0.25, 0.3) is 0 Å². The average molecular weight is 487 g/mol. The van der Waals surface area contributed by atoms with E-state index in [1.807, 2.05) is 0 Å². The van der Waals surface area contributed by atoms with E-state index in [1.54, 1.807) is 18.2 Å². The molecule has 184 valence electrons. The van der Waals surface area contributed by atoms with Crippen LogP contribution in [0.4, 0.5) is 5.82 Å². The van der Waals surface area contributed by atoms with Crippen LogP contribution < -0.4 is 5.73 Å². The van der Waals surface area contributed by atoms with E-state index in [-0.39, 0.29) is 22.5 Å². The number of nitrogens with two attached hydrogens (primary N) is 1. The molecule has 1 saturated heterocycles. The first-order chi connectivity index (χ1) is 16.8. The number of rotatable bonds is 8. The smallest absolute Gasteiger partial charge is 0.345 e. The second kappa shape index (κ2) is 10.1. The molecule has 0 bridgehead atoms. The fourth-order valence-corrected chi connectivity index (χ4v) is 3.63. The molecule has 0 saturated carbocycles. The van der Waals surface area contributed by atoms with Crippen LogP contribution in [0, 0.1) is 0 Å². The summed E-state index contributed by atoms with van der Waals surface area (Å²) in [4.78, 5) is 48.0. The van der Waals surface area contributed by atoms with Crippen molar-refractivity contribution >= 4 is 34.9 Å². The molecule has 4 rings (SSSR count). The molecule has 1 aliphatic rings. The molecule has 1 aromatic carbocycles. The van der Waals surface area contributed by atoms with Crippen LogP contribution in [0.5, 0.6) is 0 Å². The highest BCUT2D eigenvalue weighted by Gasteiger charge is 2.48. The Bertz CT molecular complexity index is 1230. The Balaban J connectivity index is 1.48. The summed E-state index contributed by atoms with van der Waals surface area (Å²) in [6.07, 6.45) is -5.34. The molecule has 5 N–H and O–H groups in total. The zero-order valence-corrected chi connectivity index (χ0v) is 18.0. The molecule has 14 heteroatoms. The molecule has 2 aromatic heterocycles. The van der Waals surface area contributed by atoms with Crippen LogP contribution in [0.1, 0.15) is 23.0 Å². The van der Waals surface area contributed by atoms with Gasteiger partial charge in [0.15, 0.2) is 23.8 Å². The van der Waals surface area contributed by atoms with Crippen LogP contribution in [0.3, 0.4) is 0 Å². The summed E-state index contributed by atoms with van der Waals surface area (Å²) >= 11 is 0. The van der Waals surface area contributed by atoms with Crippen LogP contribution in [0.25, 0.3) is 11.2 Å². The molecule has 0 amide bonds. The Hall–Kier alpha value is -3.98. The van der Waals surface area contributed by atoms with Crippen molar-refractivity contribution in [1.82, 2.24) is 19.5 Å². The normalized spacial score (nSPS) is 22.7. The first-order valence-corrected chi connectivity index (χ1v) is 10.4. The van der Waals surface area contributed by atoms with Gasteiger partial charge in [-0.1, -0.05) is 18.2 Å². The number of ether oxygens (including phenoxy) is 3. The van der Waals surface area contributed by atoms with Gasteiger partial charge in [-0.3, -0.25) is 9.36 Å². The Morgan fingerprint density at radius 1 is 1.17 bits per heavy atom. The standard InChI is InChI=1S/C21H21N5O9/c22-17-14-18(24-8-23-17)26(9-25-14)19-15(29)16(12(7-27)34-19)33-11(20(30)31)6-13(28)35-21(32)10-4-2-1-3-5-10/h1-5,8-9,11-12,15-16,19,27,29H,6-7H2,(H,30,31)(H2,22,23,24)/t11?,12-,15-,16-,19-/m1/s1. The van der Waals surface area contributed by atoms with E-state index in [2.05, 4.69) is 15.0 Å². The Morgan fingerprint density at radius 2 is 1.91 bits per heavy atom. The number of carbonyl (C=O) groups excluding carboxylic acids is 2. The summed E-state index contributed by atoms with van der Waals surface area (Å²) in [6, 6.07) is 7.66. The number of imidazole rings is 1. The van der Waals surface area contributed by atoms with Gasteiger partial charge in [-0.25, -0.2) is 24.5 Å². The van der Waals surface area contributed by atoms with Gasteiger partial charge >= 0.3 is 17.9 Å². The van der Waals surface area contributed by atoms with Crippen molar-refractivity contribution < 1.29 is 43.9 Å². The van der Waals surface area contributed by atoms with Gasteiger partial charge in [-0.05, 0) is 12.1 Å². The van der Waals surface area contributed by atoms with Gasteiger partial charge in [0.1, 0.15) is 30.2 Å². The summed E-state index contributed by atoms with van der Waals surface area (Å²) in [5.41, 5.74) is 6.36. The Morgan fingerprint density at radius 3 is 2.60 bits per heavy atom. The van der Waals surface area contributed by atoms with E-state index in [0.29, 0.717) is 0 Å². The first-order valence-electron chi connectivity index (χ1n) is 10.4. The van der Waals surface area contributed by atoms with Crippen molar-refractivity contribution in [2.24, 2.45) is 0 Å². The Labute approximate surface area is 196 Å². The van der Waals surface area contributed by atoms with Crippen molar-refractivity contribution in [3.05, 3.63) is 48.5 Å². The van der Waals surface area contributed by atoms with E-state index < -0.39 is 61.6 Å². The van der Waals surface area contributed by atoms with E-state index in [9.17, 15) is 29.7 Å². The van der Waals surface area contributed by atoms with Crippen LogP contribution >= 0.6 is 0 Å². The SMILES string of the molecule is Nc1ncnc2c1ncn2[C@@H]1O[C@H](CO)[C@@H](OC(CC(=O)OC(=O)c2ccccc2)C(=O)O)[C@H]1O. The van der Waals surface area contributed by atoms with Gasteiger partial charge < -0.3 is 35.3 Å². The molecule has 3 aromatic rings. The lowest BCUT2D eigenvalue weighted by Crippen LogP contribution is -2.42. The van der Waals surface area contributed by atoms with Crippen LogP contribution in [0.2, 0.25) is 0 Å². The highest BCUT2D eigenvalue weighted by molar-refractivity contribution is 5.97. The van der Waals surface area contributed by atoms with Crippen LogP contribution in [-0.4, -0.2) is 83.8 Å². The molecule has 0 spiro atoms. The van der Waals surface area contributed by atoms with E-state index in [4.69, 9.17) is 19.9 Å². The number of fused-ring (bicyclic) bond motifs is 1. The number of aliphatic carboxylic acids is 1. The number of aliphatic hydroxyl groups excluding tert-OH is 2. The molecule has 0 radical (unpaired) electrons. The predicted molar refractivity (Wildman–Crippen MR) is 115 cm³/mol. The van der Waals surface area contributed by atoms with Crippen LogP contribution in [0.15, 0.2) is 43.0 Å². The summed E-state index contributed by atoms with van der Waals surface area (Å²) in [5, 5.41) is 30.1. The number of aliphatic hydroxyl groups is 2. The quantitative estimate of drug-likeness (QED) is 0.228. The molecule has 3 heterocycles. The number of carbonyl (C=O) groups is 3. The largest absolute Gasteiger partial charge is 0.479 e. The van der Waals surface area contributed by atoms with Crippen molar-refractivity contribution in [2.45, 2.75) is 37.1 Å². The van der Waals surface area contributed by atoms with E-state index in [1.165, 1.54) is 29.4 Å². The number of benzene rings is 1. The molecule has 0 aliphatic carbocycles. The summed E-state index contributed by atoms with van der Waals surface area (Å²) in [7, 11) is 0. The number of esters is 2. The Kier molecular flexibility index (Phi) is 6.97. The predicted octanol–water partition coefficient (Wildman–Crippen LogP) is -0.729. The first kappa shape index (κ1) is 24.2. The van der Waals surface area contributed by atoms with Gasteiger partial charge in [0, 0.05) is 0 Å². The van der Waals surface area contributed by atoms with Crippen molar-refractivity contribution in [3.8, 4) is 0 Å². The summed E-state index contributed by atoms with van der Waals surface area (Å²) < 4.78 is 17.2. The minimum atomic E-state index is -1.81. The summed E-state index contributed by atoms with van der Waals surface area (Å²) in [6.45, 7) is -0.634. The third-order valence-electron chi connectivity index (χ3n) is 5.32. The second-order valence-electron chi connectivity index (χ2n) is 7.58. The zero-order valence-electron chi connectivity index (χ0n) is 18.0. The van der Waals surface area contributed by atoms with E-state index in [0.717, 1.165) is 0 Å². The number of nitrogens with zero attached hydrogens (tertiary/aromatic N) is 4. The maximum atomic E-state index is 12.2. The fraction of sp³-hybridized carbons (Fsp3) is 0.333. The number of hydrogen-bond donors (Lipinski definition) is 4. The van der Waals surface area contributed by atoms with E-state index >= 15 is 0 Å². The maximum Gasteiger partial charge on any atom is 0.345 e. The monoisotopic (exact) mass is 487 g/mol. The average Bonchev–Trinajstić information content (AvgIpc) is 3.40. The topological polar surface area (TPSA) is 209 Å². The lowest BCUT2D eigenvalue weighted by Gasteiger charge is -2.23. The lowest BCUT2D eigenvalue weighted by molar-refractivity contribution is -0.167. The number of carboxylic acids is 1. The highest BCUT2D eigenvalue weighted by Crippen LogP contribution is 2.34. The third kappa shape index (κ3) is 4.95. The highest BCUT2D eigenvalue weighted by atomic mass is 16.6. The number of nitrogen functional groups attached to an aromatic ring is 1. The molecule has 14 nitrogen and oxygen atoms in total. The number of carboxylic acid groups (broad SMARTS) is 1. The molecule has 35 heavy (non-hydrogen) atoms. The second-order valence-corrected chi connectivity index (χ2v) is 7.58. The minimum Gasteiger partial charge on any atom is -0.479 e. The van der Waals surface area contributed by atoms with Gasteiger partial charge in [-0.2, -0.15) is 0 Å². The van der Waals surface area contributed by atoms with Crippen molar-refractivity contribution in [1.29, 1.82) is 0 Å². The molecular weight excluding hydrogens is 466 g/mol. The maximum absolute atomic E-state index is 12.2. The molecule has 5 atom stereocenters. The third-order valence-corrected chi connectivity index (χ3v) is 5.32. The van der Waals surface area contributed by atoms with Gasteiger partial charge in [0.05, 0.1) is 24.9 Å². The molecule has 1 fully saturated rings. The molecule has 1 unspecified atom stereocenters. The van der Waals surface area contributed by atoms with Crippen LogP contribution in [-0.2, 0) is 23.8 Å². The van der Waals surface area contributed by atoms with Crippen molar-refractivity contribution in [3.63, 3.8) is 0 Å². The minimum absolute atomic E-state index is 0.0993. The van der Waals surface area contributed by atoms with Crippen molar-refractivity contribution in [2.75, 3.05) is 12.3 Å². The molecule has 1 aliphatic heterocycles. The lowest BCUT2D eigenvalue weighted by atomic mass is 10.1. The molecular formula is C21H21N5O9. The number of aromatic nitrogens is 4. The fourth-order valence-electron chi connectivity index (χ4n) is 3.63. The number of hydrogen-bond acceptors (Lipinski definition) is 12.